The highest BCUT2D eigenvalue weighted by atomic mass is 32.1. The molecule has 1 fully saturated rings. The van der Waals surface area contributed by atoms with Crippen LogP contribution in [-0.2, 0) is 16.6 Å². The number of aryl methyl sites for hydroxylation is 1. The van der Waals surface area contributed by atoms with E-state index in [2.05, 4.69) is 31.0 Å². The molecule has 6 rings (SSSR count). The van der Waals surface area contributed by atoms with Gasteiger partial charge in [-0.2, -0.15) is 5.10 Å². The fourth-order valence-electron chi connectivity index (χ4n) is 5.89. The highest BCUT2D eigenvalue weighted by Gasteiger charge is 2.34. The quantitative estimate of drug-likeness (QED) is 0.280. The van der Waals surface area contributed by atoms with E-state index in [0.29, 0.717) is 67.7 Å². The Bertz CT molecular complexity index is 1750. The van der Waals surface area contributed by atoms with Crippen LogP contribution in [0.25, 0.3) is 16.3 Å². The Balaban J connectivity index is 1.04. The third-order valence-electron chi connectivity index (χ3n) is 8.47. The first-order valence-electron chi connectivity index (χ1n) is 15.3. The van der Waals surface area contributed by atoms with Gasteiger partial charge in [-0.3, -0.25) is 24.1 Å². The van der Waals surface area contributed by atoms with Gasteiger partial charge < -0.3 is 16.4 Å². The summed E-state index contributed by atoms with van der Waals surface area (Å²) in [6.07, 6.45) is 6.91. The number of rotatable bonds is 9. The number of carbonyl (C=O) groups excluding carboxylic acids is 2. The highest BCUT2D eigenvalue weighted by molar-refractivity contribution is 7.16. The molecule has 4 N–H and O–H groups in total. The van der Waals surface area contributed by atoms with Crippen molar-refractivity contribution in [3.05, 3.63) is 77.1 Å². The largest absolute Gasteiger partial charge is 0.397 e. The molecule has 0 spiro atoms. The molecule has 2 amide bonds. The van der Waals surface area contributed by atoms with Crippen molar-refractivity contribution >= 4 is 40.2 Å². The lowest BCUT2D eigenvalue weighted by molar-refractivity contribution is -0.132. The SMILES string of the molecule is CCN(C(=O)[C@@H]1CCN(CC(=O)N2CC=C(c3ncc(-c4ncn(C)n4)s3)CC2)C1)c1ccc(N)c(C(N)c2ccc(F)cc2)n1. The first-order valence-corrected chi connectivity index (χ1v) is 16.1. The van der Waals surface area contributed by atoms with Crippen LogP contribution < -0.4 is 16.4 Å². The number of hydrogen-bond acceptors (Lipinski definition) is 10. The van der Waals surface area contributed by atoms with Gasteiger partial charge >= 0.3 is 0 Å². The predicted molar refractivity (Wildman–Crippen MR) is 175 cm³/mol. The van der Waals surface area contributed by atoms with Gasteiger partial charge in [-0.25, -0.2) is 19.3 Å². The van der Waals surface area contributed by atoms with Crippen molar-refractivity contribution in [1.82, 2.24) is 34.5 Å². The van der Waals surface area contributed by atoms with E-state index in [1.54, 1.807) is 57.7 Å². The summed E-state index contributed by atoms with van der Waals surface area (Å²) in [4.78, 5) is 46.9. The van der Waals surface area contributed by atoms with Crippen LogP contribution in [-0.4, -0.2) is 85.6 Å². The number of pyridine rings is 1. The van der Waals surface area contributed by atoms with Gasteiger partial charge in [0.1, 0.15) is 23.0 Å². The number of amides is 2. The van der Waals surface area contributed by atoms with Crippen LogP contribution in [0.4, 0.5) is 15.9 Å². The monoisotopic (exact) mass is 644 g/mol. The third-order valence-corrected chi connectivity index (χ3v) is 9.54. The van der Waals surface area contributed by atoms with Crippen molar-refractivity contribution in [2.24, 2.45) is 18.7 Å². The molecule has 14 heteroatoms. The van der Waals surface area contributed by atoms with Crippen molar-refractivity contribution in [1.29, 1.82) is 0 Å². The lowest BCUT2D eigenvalue weighted by Gasteiger charge is -2.28. The number of anilines is 2. The summed E-state index contributed by atoms with van der Waals surface area (Å²) < 4.78 is 15.1. The van der Waals surface area contributed by atoms with E-state index in [0.717, 1.165) is 21.9 Å². The van der Waals surface area contributed by atoms with Crippen molar-refractivity contribution in [2.75, 3.05) is 49.9 Å². The molecule has 1 saturated heterocycles. The molecule has 0 bridgehead atoms. The summed E-state index contributed by atoms with van der Waals surface area (Å²) in [6.45, 7) is 4.87. The Morgan fingerprint density at radius 2 is 1.96 bits per heavy atom. The summed E-state index contributed by atoms with van der Waals surface area (Å²) in [5.74, 6) is 0.496. The van der Waals surface area contributed by atoms with Crippen LogP contribution in [0.15, 0.2) is 55.0 Å². The number of benzene rings is 1. The van der Waals surface area contributed by atoms with Gasteiger partial charge in [-0.15, -0.1) is 11.3 Å². The third kappa shape index (κ3) is 6.69. The van der Waals surface area contributed by atoms with Crippen LogP contribution in [0, 0.1) is 11.7 Å². The zero-order chi connectivity index (χ0) is 32.4. The molecule has 3 aromatic heterocycles. The zero-order valence-corrected chi connectivity index (χ0v) is 26.7. The van der Waals surface area contributed by atoms with Gasteiger partial charge in [0.05, 0.1) is 34.8 Å². The maximum atomic E-state index is 13.7. The second kappa shape index (κ2) is 13.4. The topological polar surface area (TPSA) is 152 Å². The van der Waals surface area contributed by atoms with Gasteiger partial charge in [0.15, 0.2) is 5.82 Å². The lowest BCUT2D eigenvalue weighted by atomic mass is 10.0. The number of aromatic nitrogens is 5. The molecule has 1 unspecified atom stereocenters. The number of nitrogens with zero attached hydrogens (tertiary/aromatic N) is 8. The zero-order valence-electron chi connectivity index (χ0n) is 25.8. The lowest BCUT2D eigenvalue weighted by Crippen LogP contribution is -2.42. The van der Waals surface area contributed by atoms with Gasteiger partial charge in [0.2, 0.25) is 11.8 Å². The number of nitrogens with two attached hydrogens (primary N) is 2. The standard InChI is InChI=1S/C32H37FN10O2S/c1-3-43(26-9-8-24(34)29(38-26)28(35)20-4-6-23(33)7-5-20)32(45)22-10-13-41(17-22)18-27(44)42-14-11-21(12-15-42)31-36-16-25(46-31)30-37-19-40(2)39-30/h4-9,11,16,19,22,28H,3,10,12-15,17-18,34-35H2,1-2H3/t22-,28?/m1/s1. The first kappa shape index (κ1) is 31.5. The minimum atomic E-state index is -0.675. The summed E-state index contributed by atoms with van der Waals surface area (Å²) in [5.41, 5.74) is 15.3. The minimum absolute atomic E-state index is 0.0490. The molecular formula is C32H37FN10O2S. The van der Waals surface area contributed by atoms with E-state index in [4.69, 9.17) is 11.5 Å². The average Bonchev–Trinajstić information content (AvgIpc) is 3.84. The van der Waals surface area contributed by atoms with Crippen molar-refractivity contribution in [3.63, 3.8) is 0 Å². The van der Waals surface area contributed by atoms with Gasteiger partial charge in [0, 0.05) is 39.4 Å². The molecule has 2 aliphatic rings. The minimum Gasteiger partial charge on any atom is -0.397 e. The second-order valence-corrected chi connectivity index (χ2v) is 12.6. The van der Waals surface area contributed by atoms with Crippen LogP contribution in [0.1, 0.15) is 42.1 Å². The molecule has 240 valence electrons. The first-order chi connectivity index (χ1) is 22.2. The van der Waals surface area contributed by atoms with E-state index in [-0.39, 0.29) is 30.1 Å². The van der Waals surface area contributed by atoms with E-state index in [1.807, 2.05) is 18.9 Å². The van der Waals surface area contributed by atoms with Crippen LogP contribution >= 0.6 is 11.3 Å². The predicted octanol–water partition coefficient (Wildman–Crippen LogP) is 3.09. The average molecular weight is 645 g/mol. The molecule has 4 aromatic rings. The molecule has 12 nitrogen and oxygen atoms in total. The fourth-order valence-corrected chi connectivity index (χ4v) is 6.81. The van der Waals surface area contributed by atoms with Crippen molar-refractivity contribution in [2.45, 2.75) is 25.8 Å². The van der Waals surface area contributed by atoms with E-state index < -0.39 is 6.04 Å². The van der Waals surface area contributed by atoms with Crippen molar-refractivity contribution < 1.29 is 14.0 Å². The second-order valence-electron chi connectivity index (χ2n) is 11.6. The van der Waals surface area contributed by atoms with Crippen molar-refractivity contribution in [3.8, 4) is 10.7 Å². The molecule has 1 aromatic carbocycles. The Morgan fingerprint density at radius 1 is 1.15 bits per heavy atom. The smallest absolute Gasteiger partial charge is 0.237 e. The number of likely N-dealkylation sites (tertiary alicyclic amines) is 1. The summed E-state index contributed by atoms with van der Waals surface area (Å²) in [7, 11) is 1.83. The number of nitrogen functional groups attached to an aromatic ring is 1. The fraction of sp³-hybridized carbons (Fsp3) is 0.375. The number of thiazole rings is 1. The summed E-state index contributed by atoms with van der Waals surface area (Å²) >= 11 is 1.55. The van der Waals surface area contributed by atoms with E-state index >= 15 is 0 Å². The number of hydrogen-bond donors (Lipinski definition) is 2. The van der Waals surface area contributed by atoms with E-state index in [9.17, 15) is 14.0 Å². The van der Waals surface area contributed by atoms with Crippen LogP contribution in [0.5, 0.6) is 0 Å². The molecule has 0 radical (unpaired) electrons. The van der Waals surface area contributed by atoms with Crippen LogP contribution in [0.3, 0.4) is 0 Å². The molecule has 0 saturated carbocycles. The molecular weight excluding hydrogens is 607 g/mol. The Kier molecular flexibility index (Phi) is 9.20. The molecule has 2 atom stereocenters. The van der Waals surface area contributed by atoms with Gasteiger partial charge in [-0.1, -0.05) is 18.2 Å². The number of halogens is 1. The molecule has 0 aliphatic carbocycles. The Morgan fingerprint density at radius 3 is 2.65 bits per heavy atom. The van der Waals surface area contributed by atoms with E-state index in [1.165, 1.54) is 12.1 Å². The normalized spacial score (nSPS) is 17.6. The number of carbonyl (C=O) groups is 2. The molecule has 2 aliphatic heterocycles. The molecule has 46 heavy (non-hydrogen) atoms. The Labute approximate surface area is 270 Å². The van der Waals surface area contributed by atoms with Gasteiger partial charge in [0.25, 0.3) is 0 Å². The summed E-state index contributed by atoms with van der Waals surface area (Å²) in [6, 6.07) is 8.62. The maximum Gasteiger partial charge on any atom is 0.237 e. The maximum absolute atomic E-state index is 13.7. The van der Waals surface area contributed by atoms with Crippen LogP contribution in [0.2, 0.25) is 0 Å². The summed E-state index contributed by atoms with van der Waals surface area (Å²) in [5, 5.41) is 5.28. The Hall–Kier alpha value is -4.53. The molecule has 5 heterocycles. The van der Waals surface area contributed by atoms with Gasteiger partial charge in [-0.05, 0) is 61.7 Å². The highest BCUT2D eigenvalue weighted by Crippen LogP contribution is 2.31.